The highest BCUT2D eigenvalue weighted by atomic mass is 35.5. The van der Waals surface area contributed by atoms with Crippen LogP contribution in [0.25, 0.3) is 0 Å². The first kappa shape index (κ1) is 8.35. The van der Waals surface area contributed by atoms with Gasteiger partial charge in [-0.1, -0.05) is 36.4 Å². The lowest BCUT2D eigenvalue weighted by atomic mass is 10.0. The van der Waals surface area contributed by atoms with Gasteiger partial charge < -0.3 is 0 Å². The zero-order valence-electron chi connectivity index (χ0n) is 6.33. The van der Waals surface area contributed by atoms with E-state index in [4.69, 9.17) is 11.6 Å². The summed E-state index contributed by atoms with van der Waals surface area (Å²) < 4.78 is 0. The topological polar surface area (TPSA) is 0 Å². The second-order valence-electron chi connectivity index (χ2n) is 2.41. The predicted molar refractivity (Wildman–Crippen MR) is 50.1 cm³/mol. The van der Waals surface area contributed by atoms with Crippen molar-refractivity contribution >= 4 is 11.6 Å². The van der Waals surface area contributed by atoms with Crippen LogP contribution < -0.4 is 0 Å². The molecule has 0 radical (unpaired) electrons. The van der Waals surface area contributed by atoms with Gasteiger partial charge in [0.05, 0.1) is 0 Å². The monoisotopic (exact) mass is 166 g/mol. The van der Waals surface area contributed by atoms with Gasteiger partial charge in [-0.05, 0) is 5.56 Å². The molecule has 1 rings (SSSR count). The maximum Gasteiger partial charge on any atom is 0.0326 e. The van der Waals surface area contributed by atoms with Gasteiger partial charge in [-0.3, -0.25) is 0 Å². The molecule has 1 aromatic carbocycles. The molecule has 0 aliphatic rings. The first-order valence-electron chi connectivity index (χ1n) is 3.62. The van der Waals surface area contributed by atoms with E-state index in [0.717, 1.165) is 0 Å². The second kappa shape index (κ2) is 4.20. The smallest absolute Gasteiger partial charge is 0.0326 e. The highest BCUT2D eigenvalue weighted by Gasteiger charge is 2.02. The van der Waals surface area contributed by atoms with Gasteiger partial charge in [0.25, 0.3) is 0 Å². The van der Waals surface area contributed by atoms with E-state index < -0.39 is 0 Å². The molecule has 0 aliphatic heterocycles. The molecule has 0 amide bonds. The molecular weight excluding hydrogens is 156 g/mol. The lowest BCUT2D eigenvalue weighted by Crippen LogP contribution is -1.94. The molecule has 1 atom stereocenters. The highest BCUT2D eigenvalue weighted by molar-refractivity contribution is 6.18. The molecule has 0 fully saturated rings. The van der Waals surface area contributed by atoms with Crippen molar-refractivity contribution < 1.29 is 0 Å². The number of halogens is 1. The Hall–Kier alpha value is -0.750. The van der Waals surface area contributed by atoms with E-state index in [1.54, 1.807) is 0 Å². The SMILES string of the molecule is C=C[C@H](CCl)c1ccccc1. The largest absolute Gasteiger partial charge is 0.126 e. The van der Waals surface area contributed by atoms with E-state index >= 15 is 0 Å². The Morgan fingerprint density at radius 1 is 1.36 bits per heavy atom. The Labute approximate surface area is 72.5 Å². The number of allylic oxidation sites excluding steroid dienone is 1. The fraction of sp³-hybridized carbons (Fsp3) is 0.200. The van der Waals surface area contributed by atoms with E-state index in [0.29, 0.717) is 5.88 Å². The molecule has 0 nitrogen and oxygen atoms in total. The van der Waals surface area contributed by atoms with Crippen LogP contribution in [0.1, 0.15) is 11.5 Å². The maximum atomic E-state index is 5.73. The zero-order chi connectivity index (χ0) is 8.10. The van der Waals surface area contributed by atoms with E-state index in [1.807, 2.05) is 24.3 Å². The summed E-state index contributed by atoms with van der Waals surface area (Å²) in [6.07, 6.45) is 1.88. The van der Waals surface area contributed by atoms with Gasteiger partial charge in [0.1, 0.15) is 0 Å². The molecule has 0 aliphatic carbocycles. The van der Waals surface area contributed by atoms with Crippen molar-refractivity contribution in [2.24, 2.45) is 0 Å². The fourth-order valence-electron chi connectivity index (χ4n) is 0.988. The quantitative estimate of drug-likeness (QED) is 0.478. The molecule has 0 saturated carbocycles. The first-order chi connectivity index (χ1) is 5.38. The van der Waals surface area contributed by atoms with E-state index in [2.05, 4.69) is 18.7 Å². The Balaban J connectivity index is 2.82. The molecule has 0 bridgehead atoms. The minimum absolute atomic E-state index is 0.290. The lowest BCUT2D eigenvalue weighted by Gasteiger charge is -2.07. The second-order valence-corrected chi connectivity index (χ2v) is 2.72. The molecule has 0 saturated heterocycles. The molecule has 11 heavy (non-hydrogen) atoms. The van der Waals surface area contributed by atoms with Crippen LogP contribution in [-0.4, -0.2) is 5.88 Å². The van der Waals surface area contributed by atoms with Crippen molar-refractivity contribution in [3.05, 3.63) is 48.6 Å². The number of alkyl halides is 1. The standard InChI is InChI=1S/C10H11Cl/c1-2-9(8-11)10-6-4-3-5-7-10/h2-7,9H,1,8H2/t9-/m1/s1. The molecule has 0 aromatic heterocycles. The van der Waals surface area contributed by atoms with Crippen molar-refractivity contribution in [1.29, 1.82) is 0 Å². The average molecular weight is 167 g/mol. The third-order valence-electron chi connectivity index (χ3n) is 1.68. The Kier molecular flexibility index (Phi) is 3.18. The predicted octanol–water partition coefficient (Wildman–Crippen LogP) is 3.20. The Morgan fingerprint density at radius 2 is 2.00 bits per heavy atom. The third-order valence-corrected chi connectivity index (χ3v) is 2.01. The van der Waals surface area contributed by atoms with Crippen molar-refractivity contribution in [3.63, 3.8) is 0 Å². The van der Waals surface area contributed by atoms with Crippen molar-refractivity contribution in [1.82, 2.24) is 0 Å². The third kappa shape index (κ3) is 2.09. The number of hydrogen-bond acceptors (Lipinski definition) is 0. The molecular formula is C10H11Cl. The summed E-state index contributed by atoms with van der Waals surface area (Å²) >= 11 is 5.73. The van der Waals surface area contributed by atoms with Crippen molar-refractivity contribution in [2.45, 2.75) is 5.92 Å². The first-order valence-corrected chi connectivity index (χ1v) is 4.15. The van der Waals surface area contributed by atoms with Crippen LogP contribution in [-0.2, 0) is 0 Å². The summed E-state index contributed by atoms with van der Waals surface area (Å²) in [5, 5.41) is 0. The molecule has 1 heteroatoms. The van der Waals surface area contributed by atoms with Crippen LogP contribution in [0.2, 0.25) is 0 Å². The molecule has 1 aromatic rings. The van der Waals surface area contributed by atoms with Crippen LogP contribution in [0, 0.1) is 0 Å². The Morgan fingerprint density at radius 3 is 2.45 bits per heavy atom. The molecule has 0 unspecified atom stereocenters. The average Bonchev–Trinajstić information content (AvgIpc) is 2.09. The summed E-state index contributed by atoms with van der Waals surface area (Å²) in [5.74, 6) is 0.894. The maximum absolute atomic E-state index is 5.73. The van der Waals surface area contributed by atoms with Gasteiger partial charge in [0.2, 0.25) is 0 Å². The normalized spacial score (nSPS) is 12.5. The van der Waals surface area contributed by atoms with Gasteiger partial charge in [0.15, 0.2) is 0 Å². The van der Waals surface area contributed by atoms with E-state index in [9.17, 15) is 0 Å². The summed E-state index contributed by atoms with van der Waals surface area (Å²) in [6, 6.07) is 10.2. The van der Waals surface area contributed by atoms with Gasteiger partial charge in [-0.2, -0.15) is 0 Å². The van der Waals surface area contributed by atoms with Crippen LogP contribution in [0.3, 0.4) is 0 Å². The van der Waals surface area contributed by atoms with Gasteiger partial charge >= 0.3 is 0 Å². The molecule has 0 heterocycles. The van der Waals surface area contributed by atoms with Crippen molar-refractivity contribution in [2.75, 3.05) is 5.88 Å². The number of benzene rings is 1. The minimum Gasteiger partial charge on any atom is -0.126 e. The summed E-state index contributed by atoms with van der Waals surface area (Å²) in [6.45, 7) is 3.72. The molecule has 0 spiro atoms. The number of rotatable bonds is 3. The lowest BCUT2D eigenvalue weighted by molar-refractivity contribution is 0.981. The van der Waals surface area contributed by atoms with Gasteiger partial charge in [0, 0.05) is 11.8 Å². The van der Waals surface area contributed by atoms with Crippen molar-refractivity contribution in [3.8, 4) is 0 Å². The Bertz CT molecular complexity index is 216. The van der Waals surface area contributed by atoms with Crippen LogP contribution in [0.5, 0.6) is 0 Å². The molecule has 58 valence electrons. The highest BCUT2D eigenvalue weighted by Crippen LogP contribution is 2.17. The molecule has 0 N–H and O–H groups in total. The fourth-order valence-corrected chi connectivity index (χ4v) is 1.29. The van der Waals surface area contributed by atoms with Crippen LogP contribution in [0.4, 0.5) is 0 Å². The van der Waals surface area contributed by atoms with Gasteiger partial charge in [-0.25, -0.2) is 0 Å². The summed E-state index contributed by atoms with van der Waals surface area (Å²) in [7, 11) is 0. The zero-order valence-corrected chi connectivity index (χ0v) is 7.09. The van der Waals surface area contributed by atoms with E-state index in [-0.39, 0.29) is 5.92 Å². The van der Waals surface area contributed by atoms with Crippen LogP contribution in [0.15, 0.2) is 43.0 Å². The van der Waals surface area contributed by atoms with Crippen LogP contribution >= 0.6 is 11.6 Å². The number of hydrogen-bond donors (Lipinski definition) is 0. The van der Waals surface area contributed by atoms with E-state index in [1.165, 1.54) is 5.56 Å². The van der Waals surface area contributed by atoms with Gasteiger partial charge in [-0.15, -0.1) is 18.2 Å². The summed E-state index contributed by atoms with van der Waals surface area (Å²) in [5.41, 5.74) is 1.23. The summed E-state index contributed by atoms with van der Waals surface area (Å²) in [4.78, 5) is 0. The minimum atomic E-state index is 0.290.